The Kier molecular flexibility index (Phi) is 4.08. The Morgan fingerprint density at radius 1 is 1.50 bits per heavy atom. The Morgan fingerprint density at radius 3 is 2.67 bits per heavy atom. The summed E-state index contributed by atoms with van der Waals surface area (Å²) in [6.45, 7) is 2.97. The molecule has 0 atom stereocenters. The lowest BCUT2D eigenvalue weighted by Crippen LogP contribution is -2.21. The van der Waals surface area contributed by atoms with Crippen LogP contribution in [-0.4, -0.2) is 23.6 Å². The molecule has 1 saturated carbocycles. The summed E-state index contributed by atoms with van der Waals surface area (Å²) in [5.74, 6) is 0. The van der Waals surface area contributed by atoms with Gasteiger partial charge in [-0.05, 0) is 32.1 Å². The molecule has 12 heavy (non-hydrogen) atoms. The van der Waals surface area contributed by atoms with Crippen LogP contribution >= 0.6 is 0 Å². The lowest BCUT2D eigenvalue weighted by molar-refractivity contribution is 0.0403. The summed E-state index contributed by atoms with van der Waals surface area (Å²) >= 11 is 0. The molecule has 0 radical (unpaired) electrons. The number of nitrogens with zero attached hydrogens (tertiary/aromatic N) is 1. The first-order valence-electron chi connectivity index (χ1n) is 4.68. The summed E-state index contributed by atoms with van der Waals surface area (Å²) in [5.41, 5.74) is 0.923. The number of ether oxygens (including phenoxy) is 1. The molecule has 0 saturated heterocycles. The van der Waals surface area contributed by atoms with Crippen LogP contribution in [0.1, 0.15) is 39.0 Å². The summed E-state index contributed by atoms with van der Waals surface area (Å²) in [5, 5.41) is 11.7. The van der Waals surface area contributed by atoms with E-state index in [0.29, 0.717) is 6.10 Å². The van der Waals surface area contributed by atoms with Crippen LogP contribution in [0.25, 0.3) is 0 Å². The van der Waals surface area contributed by atoms with Gasteiger partial charge in [-0.2, -0.15) is 0 Å². The molecule has 1 aliphatic carbocycles. The van der Waals surface area contributed by atoms with E-state index >= 15 is 0 Å². The van der Waals surface area contributed by atoms with Crippen molar-refractivity contribution in [2.75, 3.05) is 6.61 Å². The molecule has 0 aromatic rings. The number of oxime groups is 1. The van der Waals surface area contributed by atoms with Gasteiger partial charge in [0.05, 0.1) is 11.8 Å². The smallest absolute Gasteiger partial charge is 0.0582 e. The predicted molar refractivity (Wildman–Crippen MR) is 47.7 cm³/mol. The van der Waals surface area contributed by atoms with Crippen molar-refractivity contribution in [2.45, 2.75) is 45.1 Å². The highest BCUT2D eigenvalue weighted by Gasteiger charge is 2.17. The molecule has 1 fully saturated rings. The molecular weight excluding hydrogens is 154 g/mol. The minimum atomic E-state index is 0.399. The Hall–Kier alpha value is -0.570. The van der Waals surface area contributed by atoms with Gasteiger partial charge in [-0.25, -0.2) is 0 Å². The van der Waals surface area contributed by atoms with Crippen LogP contribution in [0.15, 0.2) is 5.16 Å². The van der Waals surface area contributed by atoms with E-state index in [0.717, 1.165) is 44.4 Å². The molecule has 0 unspecified atom stereocenters. The van der Waals surface area contributed by atoms with Gasteiger partial charge in [0, 0.05) is 6.61 Å². The molecule has 0 heterocycles. The molecule has 0 aromatic heterocycles. The van der Waals surface area contributed by atoms with Gasteiger partial charge in [-0.3, -0.25) is 0 Å². The first kappa shape index (κ1) is 9.52. The predicted octanol–water partition coefficient (Wildman–Crippen LogP) is 2.19. The van der Waals surface area contributed by atoms with Crippen LogP contribution in [0, 0.1) is 0 Å². The zero-order valence-corrected chi connectivity index (χ0v) is 7.62. The van der Waals surface area contributed by atoms with Crippen LogP contribution in [0.2, 0.25) is 0 Å². The summed E-state index contributed by atoms with van der Waals surface area (Å²) in [7, 11) is 0. The normalized spacial score (nSPS) is 24.1. The Labute approximate surface area is 73.4 Å². The van der Waals surface area contributed by atoms with Crippen molar-refractivity contribution in [1.82, 2.24) is 0 Å². The van der Waals surface area contributed by atoms with E-state index in [-0.39, 0.29) is 0 Å². The molecule has 0 amide bonds. The van der Waals surface area contributed by atoms with Gasteiger partial charge in [-0.1, -0.05) is 12.1 Å². The van der Waals surface area contributed by atoms with Crippen LogP contribution in [-0.2, 0) is 4.74 Å². The van der Waals surface area contributed by atoms with Crippen molar-refractivity contribution in [1.29, 1.82) is 0 Å². The molecule has 1 N–H and O–H groups in total. The fourth-order valence-electron chi connectivity index (χ4n) is 1.48. The lowest BCUT2D eigenvalue weighted by atomic mass is 9.96. The monoisotopic (exact) mass is 171 g/mol. The first-order chi connectivity index (χ1) is 5.86. The molecule has 70 valence electrons. The zero-order chi connectivity index (χ0) is 8.81. The molecule has 1 aliphatic rings. The van der Waals surface area contributed by atoms with Gasteiger partial charge < -0.3 is 9.94 Å². The van der Waals surface area contributed by atoms with Crippen molar-refractivity contribution in [3.63, 3.8) is 0 Å². The maximum absolute atomic E-state index is 8.50. The summed E-state index contributed by atoms with van der Waals surface area (Å²) < 4.78 is 5.59. The first-order valence-corrected chi connectivity index (χ1v) is 4.68. The summed E-state index contributed by atoms with van der Waals surface area (Å²) in [4.78, 5) is 0. The second-order valence-electron chi connectivity index (χ2n) is 3.24. The fraction of sp³-hybridized carbons (Fsp3) is 0.889. The van der Waals surface area contributed by atoms with E-state index in [2.05, 4.69) is 12.1 Å². The average Bonchev–Trinajstić information content (AvgIpc) is 2.15. The van der Waals surface area contributed by atoms with E-state index < -0.39 is 0 Å². The van der Waals surface area contributed by atoms with Crippen molar-refractivity contribution < 1.29 is 9.94 Å². The highest BCUT2D eigenvalue weighted by Crippen LogP contribution is 2.18. The Bertz CT molecular complexity index is 147. The molecule has 0 aromatic carbocycles. The van der Waals surface area contributed by atoms with Gasteiger partial charge in [0.1, 0.15) is 0 Å². The van der Waals surface area contributed by atoms with E-state index in [9.17, 15) is 0 Å². The van der Waals surface area contributed by atoms with Crippen LogP contribution in [0.5, 0.6) is 0 Å². The maximum Gasteiger partial charge on any atom is 0.0582 e. The molecule has 0 bridgehead atoms. The maximum atomic E-state index is 8.50. The largest absolute Gasteiger partial charge is 0.411 e. The van der Waals surface area contributed by atoms with Gasteiger partial charge in [-0.15, -0.1) is 0 Å². The standard InChI is InChI=1S/C9H17NO2/c1-2-7-12-9-5-3-8(10-11)4-6-9/h9,11H,2-7H2,1H3. The average molecular weight is 171 g/mol. The third kappa shape index (κ3) is 2.81. The second-order valence-corrected chi connectivity index (χ2v) is 3.24. The Balaban J connectivity index is 2.17. The number of hydrogen-bond acceptors (Lipinski definition) is 3. The van der Waals surface area contributed by atoms with Crippen molar-refractivity contribution >= 4 is 5.71 Å². The quantitative estimate of drug-likeness (QED) is 0.522. The SMILES string of the molecule is CCCOC1CCC(=NO)CC1. The summed E-state index contributed by atoms with van der Waals surface area (Å²) in [6.07, 6.45) is 5.29. The van der Waals surface area contributed by atoms with E-state index in [1.54, 1.807) is 0 Å². The van der Waals surface area contributed by atoms with Gasteiger partial charge >= 0.3 is 0 Å². The minimum absolute atomic E-state index is 0.399. The highest BCUT2D eigenvalue weighted by atomic mass is 16.5. The molecular formula is C9H17NO2. The van der Waals surface area contributed by atoms with Gasteiger partial charge in [0.2, 0.25) is 0 Å². The Morgan fingerprint density at radius 2 is 2.17 bits per heavy atom. The molecule has 0 spiro atoms. The molecule has 3 nitrogen and oxygen atoms in total. The van der Waals surface area contributed by atoms with Crippen LogP contribution in [0.3, 0.4) is 0 Å². The van der Waals surface area contributed by atoms with Gasteiger partial charge in [0.15, 0.2) is 0 Å². The number of rotatable bonds is 3. The molecule has 3 heteroatoms. The fourth-order valence-corrected chi connectivity index (χ4v) is 1.48. The number of hydrogen-bond donors (Lipinski definition) is 1. The molecule has 0 aliphatic heterocycles. The second kappa shape index (κ2) is 5.14. The van der Waals surface area contributed by atoms with E-state index in [4.69, 9.17) is 9.94 Å². The van der Waals surface area contributed by atoms with Crippen molar-refractivity contribution in [2.24, 2.45) is 5.16 Å². The minimum Gasteiger partial charge on any atom is -0.411 e. The highest BCUT2D eigenvalue weighted by molar-refractivity contribution is 5.84. The third-order valence-corrected chi connectivity index (χ3v) is 2.21. The van der Waals surface area contributed by atoms with Crippen LogP contribution < -0.4 is 0 Å². The topological polar surface area (TPSA) is 41.8 Å². The van der Waals surface area contributed by atoms with E-state index in [1.807, 2.05) is 0 Å². The van der Waals surface area contributed by atoms with Gasteiger partial charge in [0.25, 0.3) is 0 Å². The lowest BCUT2D eigenvalue weighted by Gasteiger charge is -2.22. The van der Waals surface area contributed by atoms with Crippen LogP contribution in [0.4, 0.5) is 0 Å². The molecule has 1 rings (SSSR count). The summed E-state index contributed by atoms with van der Waals surface area (Å²) in [6, 6.07) is 0. The van der Waals surface area contributed by atoms with Crippen molar-refractivity contribution in [3.8, 4) is 0 Å². The van der Waals surface area contributed by atoms with E-state index in [1.165, 1.54) is 0 Å². The third-order valence-electron chi connectivity index (χ3n) is 2.21. The zero-order valence-electron chi connectivity index (χ0n) is 7.62. The van der Waals surface area contributed by atoms with Crippen molar-refractivity contribution in [3.05, 3.63) is 0 Å².